The van der Waals surface area contributed by atoms with Crippen LogP contribution in [0, 0.1) is 0 Å². The third kappa shape index (κ3) is 4.15. The van der Waals surface area contributed by atoms with E-state index in [0.29, 0.717) is 0 Å². The molecule has 0 aromatic heterocycles. The van der Waals surface area contributed by atoms with E-state index in [0.717, 1.165) is 24.3 Å². The molecule has 0 saturated heterocycles. The van der Waals surface area contributed by atoms with Gasteiger partial charge in [0.05, 0.1) is 4.90 Å². The zero-order valence-electron chi connectivity index (χ0n) is 13.8. The molecule has 0 unspecified atom stereocenters. The first-order valence-corrected chi connectivity index (χ1v) is 10.8. The summed E-state index contributed by atoms with van der Waals surface area (Å²) in [6, 6.07) is 12.1. The Morgan fingerprint density at radius 3 is 2.21 bits per heavy atom. The van der Waals surface area contributed by atoms with E-state index < -0.39 is 20.0 Å². The zero-order chi connectivity index (χ0) is 18.0. The SMILES string of the molecule is CC[C@@H](C)c1ccccc1OS(=O)(=O)c1cccc(S(C)(=O)=O)c1. The van der Waals surface area contributed by atoms with Gasteiger partial charge in [-0.15, -0.1) is 0 Å². The first-order chi connectivity index (χ1) is 11.1. The quantitative estimate of drug-likeness (QED) is 0.731. The molecule has 0 fully saturated rings. The first-order valence-electron chi connectivity index (χ1n) is 7.48. The average Bonchev–Trinajstić information content (AvgIpc) is 2.53. The van der Waals surface area contributed by atoms with E-state index in [-0.39, 0.29) is 21.5 Å². The van der Waals surface area contributed by atoms with Crippen molar-refractivity contribution in [2.75, 3.05) is 6.26 Å². The van der Waals surface area contributed by atoms with Crippen LogP contribution in [0.25, 0.3) is 0 Å². The summed E-state index contributed by atoms with van der Waals surface area (Å²) >= 11 is 0. The monoisotopic (exact) mass is 368 g/mol. The smallest absolute Gasteiger partial charge is 0.339 e. The molecule has 0 aliphatic heterocycles. The highest BCUT2D eigenvalue weighted by Crippen LogP contribution is 2.30. The molecular formula is C17H20O5S2. The van der Waals surface area contributed by atoms with Crippen LogP contribution < -0.4 is 4.18 Å². The zero-order valence-corrected chi connectivity index (χ0v) is 15.4. The van der Waals surface area contributed by atoms with Gasteiger partial charge in [0.25, 0.3) is 0 Å². The van der Waals surface area contributed by atoms with Crippen LogP contribution in [0.15, 0.2) is 58.3 Å². The fourth-order valence-electron chi connectivity index (χ4n) is 2.21. The summed E-state index contributed by atoms with van der Waals surface area (Å²) in [4.78, 5) is -0.258. The molecule has 0 spiro atoms. The molecule has 0 N–H and O–H groups in total. The Bertz CT molecular complexity index is 931. The lowest BCUT2D eigenvalue weighted by Crippen LogP contribution is -2.12. The molecule has 130 valence electrons. The van der Waals surface area contributed by atoms with Gasteiger partial charge in [0, 0.05) is 6.26 Å². The van der Waals surface area contributed by atoms with Crippen molar-refractivity contribution in [2.45, 2.75) is 36.0 Å². The molecule has 7 heteroatoms. The van der Waals surface area contributed by atoms with Gasteiger partial charge < -0.3 is 4.18 Å². The molecule has 0 heterocycles. The van der Waals surface area contributed by atoms with Gasteiger partial charge in [-0.3, -0.25) is 0 Å². The van der Waals surface area contributed by atoms with Gasteiger partial charge in [-0.25, -0.2) is 8.42 Å². The summed E-state index contributed by atoms with van der Waals surface area (Å²) < 4.78 is 53.6. The van der Waals surface area contributed by atoms with Crippen molar-refractivity contribution >= 4 is 20.0 Å². The fourth-order valence-corrected chi connectivity index (χ4v) is 3.95. The summed E-state index contributed by atoms with van der Waals surface area (Å²) in [6.07, 6.45) is 1.86. The van der Waals surface area contributed by atoms with Crippen molar-refractivity contribution in [1.29, 1.82) is 0 Å². The Labute approximate surface area is 143 Å². The average molecular weight is 368 g/mol. The molecule has 0 bridgehead atoms. The van der Waals surface area contributed by atoms with Crippen molar-refractivity contribution in [1.82, 2.24) is 0 Å². The minimum atomic E-state index is -4.12. The topological polar surface area (TPSA) is 77.5 Å². The van der Waals surface area contributed by atoms with Crippen molar-refractivity contribution in [3.05, 3.63) is 54.1 Å². The molecule has 0 radical (unpaired) electrons. The summed E-state index contributed by atoms with van der Waals surface area (Å²) in [7, 11) is -7.63. The van der Waals surface area contributed by atoms with Crippen LogP contribution in [0.2, 0.25) is 0 Å². The minimum Gasteiger partial charge on any atom is -0.379 e. The Morgan fingerprint density at radius 1 is 0.958 bits per heavy atom. The molecule has 5 nitrogen and oxygen atoms in total. The molecule has 2 aromatic carbocycles. The Hall–Kier alpha value is -1.86. The fraction of sp³-hybridized carbons (Fsp3) is 0.294. The highest BCUT2D eigenvalue weighted by Gasteiger charge is 2.21. The van der Waals surface area contributed by atoms with Crippen LogP contribution in [0.5, 0.6) is 5.75 Å². The molecule has 2 aromatic rings. The second-order valence-electron chi connectivity index (χ2n) is 5.63. The van der Waals surface area contributed by atoms with Gasteiger partial charge in [0.1, 0.15) is 10.6 Å². The highest BCUT2D eigenvalue weighted by molar-refractivity contribution is 7.90. The first kappa shape index (κ1) is 18.5. The standard InChI is InChI=1S/C17H20O5S2/c1-4-13(2)16-10-5-6-11-17(16)22-24(20,21)15-9-7-8-14(12-15)23(3,18)19/h5-13H,4H2,1-3H3/t13-/m1/s1. The van der Waals surface area contributed by atoms with E-state index in [1.807, 2.05) is 26.0 Å². The van der Waals surface area contributed by atoms with Crippen LogP contribution in [-0.2, 0) is 20.0 Å². The molecule has 1 atom stereocenters. The van der Waals surface area contributed by atoms with Gasteiger partial charge in [-0.2, -0.15) is 8.42 Å². The maximum atomic E-state index is 12.5. The summed E-state index contributed by atoms with van der Waals surface area (Å²) in [5, 5.41) is 0. The van der Waals surface area contributed by atoms with Crippen molar-refractivity contribution in [2.24, 2.45) is 0 Å². The Kier molecular flexibility index (Phi) is 5.35. The molecule has 24 heavy (non-hydrogen) atoms. The Morgan fingerprint density at radius 2 is 1.58 bits per heavy atom. The molecule has 0 aliphatic rings. The third-order valence-electron chi connectivity index (χ3n) is 3.78. The summed E-state index contributed by atoms with van der Waals surface area (Å²) in [5.74, 6) is 0.398. The van der Waals surface area contributed by atoms with Gasteiger partial charge in [0.2, 0.25) is 0 Å². The van der Waals surface area contributed by atoms with E-state index >= 15 is 0 Å². The van der Waals surface area contributed by atoms with Crippen LogP contribution >= 0.6 is 0 Å². The number of hydrogen-bond donors (Lipinski definition) is 0. The van der Waals surface area contributed by atoms with E-state index in [9.17, 15) is 16.8 Å². The molecule has 0 saturated carbocycles. The van der Waals surface area contributed by atoms with Gasteiger partial charge >= 0.3 is 10.1 Å². The van der Waals surface area contributed by atoms with Crippen LogP contribution in [-0.4, -0.2) is 23.1 Å². The second kappa shape index (κ2) is 6.94. The molecule has 0 amide bonds. The highest BCUT2D eigenvalue weighted by atomic mass is 32.2. The maximum absolute atomic E-state index is 12.5. The van der Waals surface area contributed by atoms with E-state index in [4.69, 9.17) is 4.18 Å². The van der Waals surface area contributed by atoms with Crippen molar-refractivity contribution < 1.29 is 21.0 Å². The number of para-hydroxylation sites is 1. The van der Waals surface area contributed by atoms with Crippen molar-refractivity contribution in [3.8, 4) is 5.75 Å². The number of benzene rings is 2. The predicted molar refractivity (Wildman–Crippen MR) is 92.5 cm³/mol. The summed E-state index contributed by atoms with van der Waals surface area (Å²) in [5.41, 5.74) is 0.794. The lowest BCUT2D eigenvalue weighted by molar-refractivity contribution is 0.479. The molecule has 0 aliphatic carbocycles. The maximum Gasteiger partial charge on any atom is 0.339 e. The van der Waals surface area contributed by atoms with Crippen molar-refractivity contribution in [3.63, 3.8) is 0 Å². The van der Waals surface area contributed by atoms with Gasteiger partial charge in [-0.1, -0.05) is 38.1 Å². The summed E-state index contributed by atoms with van der Waals surface area (Å²) in [6.45, 7) is 3.99. The molecule has 2 rings (SSSR count). The Balaban J connectivity index is 2.44. The van der Waals surface area contributed by atoms with E-state index in [2.05, 4.69) is 0 Å². The number of hydrogen-bond acceptors (Lipinski definition) is 5. The largest absolute Gasteiger partial charge is 0.379 e. The number of rotatable bonds is 6. The van der Waals surface area contributed by atoms with Crippen LogP contribution in [0.3, 0.4) is 0 Å². The lowest BCUT2D eigenvalue weighted by Gasteiger charge is -2.15. The number of sulfone groups is 1. The minimum absolute atomic E-state index is 0.0672. The van der Waals surface area contributed by atoms with Gasteiger partial charge in [0.15, 0.2) is 9.84 Å². The van der Waals surface area contributed by atoms with Crippen LogP contribution in [0.4, 0.5) is 0 Å². The van der Waals surface area contributed by atoms with Crippen LogP contribution in [0.1, 0.15) is 31.7 Å². The predicted octanol–water partition coefficient (Wildman–Crippen LogP) is 3.37. The second-order valence-corrected chi connectivity index (χ2v) is 9.19. The third-order valence-corrected chi connectivity index (χ3v) is 6.12. The lowest BCUT2D eigenvalue weighted by atomic mass is 9.98. The normalized spacial score (nSPS) is 13.5. The van der Waals surface area contributed by atoms with E-state index in [1.165, 1.54) is 18.2 Å². The molecular weight excluding hydrogens is 348 g/mol. The van der Waals surface area contributed by atoms with E-state index in [1.54, 1.807) is 12.1 Å². The van der Waals surface area contributed by atoms with Gasteiger partial charge in [-0.05, 0) is 42.2 Å².